The van der Waals surface area contributed by atoms with Gasteiger partial charge in [-0.1, -0.05) is 0 Å². The Morgan fingerprint density at radius 1 is 1.56 bits per heavy atom. The summed E-state index contributed by atoms with van der Waals surface area (Å²) in [4.78, 5) is 0. The van der Waals surface area contributed by atoms with Crippen LogP contribution in [-0.2, 0) is 0 Å². The largest absolute Gasteiger partial charge is 0.369 e. The summed E-state index contributed by atoms with van der Waals surface area (Å²) in [6, 6.07) is 0. The standard InChI is InChI=1S/C3H6N6/c4-3(5)8-9-1-6-7-2-9/h1-2H,(H4,4,5,8). The third-order valence-electron chi connectivity index (χ3n) is 0.668. The van der Waals surface area contributed by atoms with Gasteiger partial charge in [-0.2, -0.15) is 0 Å². The number of rotatable bonds is 1. The van der Waals surface area contributed by atoms with Crippen molar-refractivity contribution in [3.05, 3.63) is 12.7 Å². The second kappa shape index (κ2) is 2.12. The zero-order valence-electron chi connectivity index (χ0n) is 4.57. The number of hydrogen-bond donors (Lipinski definition) is 3. The zero-order valence-corrected chi connectivity index (χ0v) is 4.57. The second-order valence-electron chi connectivity index (χ2n) is 1.39. The van der Waals surface area contributed by atoms with Crippen molar-refractivity contribution < 1.29 is 0 Å². The van der Waals surface area contributed by atoms with E-state index >= 15 is 0 Å². The molecule has 0 aliphatic rings. The minimum absolute atomic E-state index is 0.144. The molecule has 0 bridgehead atoms. The molecule has 0 spiro atoms. The molecule has 0 aliphatic carbocycles. The van der Waals surface area contributed by atoms with Crippen LogP contribution in [0.1, 0.15) is 0 Å². The molecular weight excluding hydrogens is 120 g/mol. The molecule has 0 atom stereocenters. The average Bonchev–Trinajstić information content (AvgIpc) is 2.15. The summed E-state index contributed by atoms with van der Waals surface area (Å²) in [5.74, 6) is -0.144. The molecule has 0 unspecified atom stereocenters. The number of hydrogen-bond acceptors (Lipinski definition) is 3. The molecule has 0 radical (unpaired) electrons. The average molecular weight is 126 g/mol. The van der Waals surface area contributed by atoms with Gasteiger partial charge in [0, 0.05) is 0 Å². The third-order valence-corrected chi connectivity index (χ3v) is 0.668. The van der Waals surface area contributed by atoms with Crippen molar-refractivity contribution in [3.8, 4) is 0 Å². The summed E-state index contributed by atoms with van der Waals surface area (Å²) in [6.45, 7) is 0. The Morgan fingerprint density at radius 2 is 2.11 bits per heavy atom. The lowest BCUT2D eigenvalue weighted by atomic mass is 11.0. The van der Waals surface area contributed by atoms with E-state index in [1.54, 1.807) is 0 Å². The Bertz CT molecular complexity index is 188. The number of guanidine groups is 1. The predicted molar refractivity (Wildman–Crippen MR) is 31.3 cm³/mol. The number of aromatic nitrogens is 3. The van der Waals surface area contributed by atoms with Gasteiger partial charge in [0.2, 0.25) is 5.96 Å². The van der Waals surface area contributed by atoms with Crippen LogP contribution in [0.25, 0.3) is 0 Å². The predicted octanol–water partition coefficient (Wildman–Crippen LogP) is -1.28. The molecule has 1 aromatic rings. The van der Waals surface area contributed by atoms with Crippen molar-refractivity contribution in [1.82, 2.24) is 14.9 Å². The van der Waals surface area contributed by atoms with E-state index in [2.05, 4.69) is 15.6 Å². The van der Waals surface area contributed by atoms with Gasteiger partial charge in [0.1, 0.15) is 12.7 Å². The Hall–Kier alpha value is -1.59. The van der Waals surface area contributed by atoms with E-state index in [0.29, 0.717) is 0 Å². The summed E-state index contributed by atoms with van der Waals surface area (Å²) >= 11 is 0. The highest BCUT2D eigenvalue weighted by atomic mass is 15.5. The maximum absolute atomic E-state index is 6.76. The molecule has 1 heterocycles. The maximum atomic E-state index is 6.76. The van der Waals surface area contributed by atoms with Gasteiger partial charge >= 0.3 is 0 Å². The fourth-order valence-electron chi connectivity index (χ4n) is 0.398. The lowest BCUT2D eigenvalue weighted by Crippen LogP contribution is -2.27. The molecule has 9 heavy (non-hydrogen) atoms. The monoisotopic (exact) mass is 126 g/mol. The fraction of sp³-hybridized carbons (Fsp3) is 0. The summed E-state index contributed by atoms with van der Waals surface area (Å²) in [6.07, 6.45) is 2.81. The van der Waals surface area contributed by atoms with E-state index in [0.717, 1.165) is 0 Å². The van der Waals surface area contributed by atoms with Gasteiger partial charge in [-0.15, -0.1) is 10.2 Å². The number of nitrogens with zero attached hydrogens (tertiary/aromatic N) is 3. The summed E-state index contributed by atoms with van der Waals surface area (Å²) < 4.78 is 1.38. The Balaban J connectivity index is 2.58. The van der Waals surface area contributed by atoms with Crippen LogP contribution in [0.3, 0.4) is 0 Å². The van der Waals surface area contributed by atoms with Gasteiger partial charge < -0.3 is 5.73 Å². The fourth-order valence-corrected chi connectivity index (χ4v) is 0.398. The van der Waals surface area contributed by atoms with E-state index in [1.165, 1.54) is 17.3 Å². The third kappa shape index (κ3) is 1.41. The minimum atomic E-state index is -0.144. The smallest absolute Gasteiger partial charge is 0.205 e. The molecule has 1 aromatic heterocycles. The topological polar surface area (TPSA) is 92.6 Å². The quantitative estimate of drug-likeness (QED) is 0.322. The van der Waals surface area contributed by atoms with E-state index < -0.39 is 0 Å². The van der Waals surface area contributed by atoms with Crippen LogP contribution in [0.15, 0.2) is 12.7 Å². The Kier molecular flexibility index (Phi) is 1.31. The highest BCUT2D eigenvalue weighted by molar-refractivity contribution is 5.82. The Labute approximate surface area is 51.2 Å². The molecule has 48 valence electrons. The van der Waals surface area contributed by atoms with E-state index in [1.807, 2.05) is 0 Å². The second-order valence-corrected chi connectivity index (χ2v) is 1.39. The Morgan fingerprint density at radius 3 is 2.56 bits per heavy atom. The molecule has 1 rings (SSSR count). The van der Waals surface area contributed by atoms with E-state index in [4.69, 9.17) is 11.1 Å². The summed E-state index contributed by atoms with van der Waals surface area (Å²) in [5.41, 5.74) is 7.42. The van der Waals surface area contributed by atoms with Crippen molar-refractivity contribution in [3.63, 3.8) is 0 Å². The highest BCUT2D eigenvalue weighted by Crippen LogP contribution is 1.71. The van der Waals surface area contributed by atoms with Crippen LogP contribution in [0, 0.1) is 5.41 Å². The van der Waals surface area contributed by atoms with Crippen LogP contribution in [0.2, 0.25) is 0 Å². The molecule has 0 amide bonds. The number of nitrogens with two attached hydrogens (primary N) is 1. The van der Waals surface area contributed by atoms with Gasteiger partial charge in [0.25, 0.3) is 0 Å². The lowest BCUT2D eigenvalue weighted by molar-refractivity contribution is 0.958. The van der Waals surface area contributed by atoms with Crippen molar-refractivity contribution in [2.45, 2.75) is 0 Å². The van der Waals surface area contributed by atoms with Crippen molar-refractivity contribution >= 4 is 5.96 Å². The molecule has 0 fully saturated rings. The maximum Gasteiger partial charge on any atom is 0.205 e. The van der Waals surface area contributed by atoms with Crippen LogP contribution < -0.4 is 11.2 Å². The molecule has 6 nitrogen and oxygen atoms in total. The first-order chi connectivity index (χ1) is 4.29. The molecule has 0 saturated carbocycles. The lowest BCUT2D eigenvalue weighted by Gasteiger charge is -1.99. The summed E-state index contributed by atoms with van der Waals surface area (Å²) in [7, 11) is 0. The normalized spacial score (nSPS) is 8.89. The van der Waals surface area contributed by atoms with E-state index in [-0.39, 0.29) is 5.96 Å². The number of nitrogens with one attached hydrogen (secondary N) is 2. The van der Waals surface area contributed by atoms with Gasteiger partial charge in [-0.3, -0.25) is 10.8 Å². The molecule has 0 saturated heterocycles. The molecular formula is C3H6N6. The van der Waals surface area contributed by atoms with Gasteiger partial charge in [0.05, 0.1) is 0 Å². The molecule has 0 aromatic carbocycles. The van der Waals surface area contributed by atoms with Crippen LogP contribution >= 0.6 is 0 Å². The van der Waals surface area contributed by atoms with Crippen molar-refractivity contribution in [1.29, 1.82) is 5.41 Å². The van der Waals surface area contributed by atoms with Gasteiger partial charge in [-0.05, 0) is 0 Å². The zero-order chi connectivity index (χ0) is 6.69. The van der Waals surface area contributed by atoms with Crippen molar-refractivity contribution in [2.75, 3.05) is 5.43 Å². The van der Waals surface area contributed by atoms with Crippen molar-refractivity contribution in [2.24, 2.45) is 5.73 Å². The van der Waals surface area contributed by atoms with Crippen LogP contribution in [-0.4, -0.2) is 20.8 Å². The highest BCUT2D eigenvalue weighted by Gasteiger charge is 1.86. The van der Waals surface area contributed by atoms with Crippen LogP contribution in [0.4, 0.5) is 0 Å². The van der Waals surface area contributed by atoms with Gasteiger partial charge in [0.15, 0.2) is 0 Å². The van der Waals surface area contributed by atoms with E-state index in [9.17, 15) is 0 Å². The molecule has 4 N–H and O–H groups in total. The van der Waals surface area contributed by atoms with Gasteiger partial charge in [-0.25, -0.2) is 4.68 Å². The van der Waals surface area contributed by atoms with Crippen LogP contribution in [0.5, 0.6) is 0 Å². The summed E-state index contributed by atoms with van der Waals surface area (Å²) in [5, 5.41) is 13.7. The molecule has 0 aliphatic heterocycles. The minimum Gasteiger partial charge on any atom is -0.369 e. The first kappa shape index (κ1) is 5.54. The molecule has 6 heteroatoms. The first-order valence-corrected chi connectivity index (χ1v) is 2.25. The SMILES string of the molecule is N=C(N)Nn1cnnc1. The first-order valence-electron chi connectivity index (χ1n) is 2.25.